The van der Waals surface area contributed by atoms with Crippen molar-refractivity contribution in [3.63, 3.8) is 0 Å². The summed E-state index contributed by atoms with van der Waals surface area (Å²) in [5.41, 5.74) is 8.73. The van der Waals surface area contributed by atoms with Crippen LogP contribution in [0.25, 0.3) is 0 Å². The third-order valence-electron chi connectivity index (χ3n) is 4.63. The lowest BCUT2D eigenvalue weighted by atomic mass is 9.91. The SMILES string of the molecule is CC1CCc2c(cccc2C2CC(CN)CN2C)O1. The van der Waals surface area contributed by atoms with Gasteiger partial charge in [-0.1, -0.05) is 12.1 Å². The van der Waals surface area contributed by atoms with Crippen LogP contribution < -0.4 is 10.5 Å². The fourth-order valence-electron chi connectivity index (χ4n) is 3.54. The van der Waals surface area contributed by atoms with Gasteiger partial charge in [0.1, 0.15) is 5.75 Å². The van der Waals surface area contributed by atoms with Gasteiger partial charge < -0.3 is 10.5 Å². The fraction of sp³-hybridized carbons (Fsp3) is 0.625. The van der Waals surface area contributed by atoms with E-state index in [4.69, 9.17) is 10.5 Å². The average molecular weight is 260 g/mol. The molecule has 1 aromatic rings. The van der Waals surface area contributed by atoms with Crippen molar-refractivity contribution < 1.29 is 4.74 Å². The molecule has 0 saturated carbocycles. The van der Waals surface area contributed by atoms with Crippen LogP contribution in [-0.4, -0.2) is 31.1 Å². The van der Waals surface area contributed by atoms with Crippen molar-refractivity contribution in [2.45, 2.75) is 38.3 Å². The minimum absolute atomic E-state index is 0.348. The van der Waals surface area contributed by atoms with Crippen LogP contribution in [0.4, 0.5) is 0 Å². The predicted molar refractivity (Wildman–Crippen MR) is 77.4 cm³/mol. The lowest BCUT2D eigenvalue weighted by Gasteiger charge is -2.29. The van der Waals surface area contributed by atoms with Gasteiger partial charge >= 0.3 is 0 Å². The molecular formula is C16H24N2O. The third kappa shape index (κ3) is 2.37. The summed E-state index contributed by atoms with van der Waals surface area (Å²) in [6, 6.07) is 7.04. The highest BCUT2D eigenvalue weighted by Crippen LogP contribution is 2.40. The second-order valence-corrected chi connectivity index (χ2v) is 6.08. The summed E-state index contributed by atoms with van der Waals surface area (Å²) in [6.45, 7) is 4.06. The van der Waals surface area contributed by atoms with Crippen LogP contribution in [0.5, 0.6) is 5.75 Å². The number of nitrogens with two attached hydrogens (primary N) is 1. The van der Waals surface area contributed by atoms with Crippen molar-refractivity contribution in [1.29, 1.82) is 0 Å². The van der Waals surface area contributed by atoms with Crippen molar-refractivity contribution in [3.05, 3.63) is 29.3 Å². The zero-order chi connectivity index (χ0) is 13.4. The molecule has 3 atom stereocenters. The van der Waals surface area contributed by atoms with Gasteiger partial charge in [-0.2, -0.15) is 0 Å². The Balaban J connectivity index is 1.91. The lowest BCUT2D eigenvalue weighted by molar-refractivity contribution is 0.190. The Morgan fingerprint density at radius 2 is 2.26 bits per heavy atom. The summed E-state index contributed by atoms with van der Waals surface area (Å²) in [4.78, 5) is 2.45. The van der Waals surface area contributed by atoms with E-state index in [1.807, 2.05) is 0 Å². The highest BCUT2D eigenvalue weighted by atomic mass is 16.5. The first kappa shape index (κ1) is 12.9. The molecule has 0 amide bonds. The quantitative estimate of drug-likeness (QED) is 0.887. The van der Waals surface area contributed by atoms with Gasteiger partial charge in [-0.3, -0.25) is 4.90 Å². The van der Waals surface area contributed by atoms with E-state index >= 15 is 0 Å². The molecule has 0 bridgehead atoms. The van der Waals surface area contributed by atoms with Crippen LogP contribution >= 0.6 is 0 Å². The summed E-state index contributed by atoms with van der Waals surface area (Å²) >= 11 is 0. The second kappa shape index (κ2) is 5.14. The van der Waals surface area contributed by atoms with Crippen LogP contribution in [0, 0.1) is 5.92 Å². The molecule has 0 aliphatic carbocycles. The molecule has 3 rings (SSSR count). The molecule has 2 aliphatic rings. The van der Waals surface area contributed by atoms with Gasteiger partial charge in [-0.15, -0.1) is 0 Å². The Kier molecular flexibility index (Phi) is 3.50. The maximum atomic E-state index is 5.98. The van der Waals surface area contributed by atoms with E-state index in [2.05, 4.69) is 37.1 Å². The molecular weight excluding hydrogens is 236 g/mol. The van der Waals surface area contributed by atoms with E-state index in [-0.39, 0.29) is 0 Å². The van der Waals surface area contributed by atoms with Crippen molar-refractivity contribution in [2.24, 2.45) is 11.7 Å². The molecule has 3 nitrogen and oxygen atoms in total. The topological polar surface area (TPSA) is 38.5 Å². The Bertz CT molecular complexity index is 460. The number of rotatable bonds is 2. The van der Waals surface area contributed by atoms with Gasteiger partial charge in [0.15, 0.2) is 0 Å². The molecule has 1 fully saturated rings. The first-order valence-corrected chi connectivity index (χ1v) is 7.37. The van der Waals surface area contributed by atoms with Crippen LogP contribution in [0.2, 0.25) is 0 Å². The Hall–Kier alpha value is -1.06. The van der Waals surface area contributed by atoms with Gasteiger partial charge in [-0.05, 0) is 62.9 Å². The standard InChI is InChI=1S/C16H24N2O/c1-11-6-7-14-13(4-3-5-16(14)19-11)15-8-12(9-17)10-18(15)2/h3-5,11-12,15H,6-10,17H2,1-2H3. The van der Waals surface area contributed by atoms with Gasteiger partial charge in [0.05, 0.1) is 6.10 Å². The number of hydrogen-bond acceptors (Lipinski definition) is 3. The second-order valence-electron chi connectivity index (χ2n) is 6.08. The zero-order valence-corrected chi connectivity index (χ0v) is 11.9. The average Bonchev–Trinajstić information content (AvgIpc) is 2.79. The molecule has 19 heavy (non-hydrogen) atoms. The van der Waals surface area contributed by atoms with Crippen LogP contribution in [0.3, 0.4) is 0 Å². The molecule has 1 aromatic carbocycles. The minimum Gasteiger partial charge on any atom is -0.490 e. The van der Waals surface area contributed by atoms with Gasteiger partial charge in [-0.25, -0.2) is 0 Å². The van der Waals surface area contributed by atoms with E-state index < -0.39 is 0 Å². The van der Waals surface area contributed by atoms with Gasteiger partial charge in [0, 0.05) is 12.6 Å². The summed E-state index contributed by atoms with van der Waals surface area (Å²) in [5, 5.41) is 0. The number of likely N-dealkylation sites (tertiary alicyclic amines) is 1. The fourth-order valence-corrected chi connectivity index (χ4v) is 3.54. The predicted octanol–water partition coefficient (Wildman–Crippen LogP) is 2.35. The third-order valence-corrected chi connectivity index (χ3v) is 4.63. The number of nitrogens with zero attached hydrogens (tertiary/aromatic N) is 1. The summed E-state index contributed by atoms with van der Waals surface area (Å²) < 4.78 is 5.98. The van der Waals surface area contributed by atoms with E-state index in [9.17, 15) is 0 Å². The maximum absolute atomic E-state index is 5.98. The van der Waals surface area contributed by atoms with Gasteiger partial charge in [0.2, 0.25) is 0 Å². The highest BCUT2D eigenvalue weighted by molar-refractivity contribution is 5.43. The first-order chi connectivity index (χ1) is 9.19. The zero-order valence-electron chi connectivity index (χ0n) is 11.9. The molecule has 0 radical (unpaired) electrons. The van der Waals surface area contributed by atoms with Crippen molar-refractivity contribution in [1.82, 2.24) is 4.90 Å². The Morgan fingerprint density at radius 1 is 1.42 bits per heavy atom. The highest BCUT2D eigenvalue weighted by Gasteiger charge is 2.32. The monoisotopic (exact) mass is 260 g/mol. The molecule has 1 saturated heterocycles. The number of fused-ring (bicyclic) bond motifs is 1. The minimum atomic E-state index is 0.348. The van der Waals surface area contributed by atoms with E-state index in [1.165, 1.54) is 17.5 Å². The molecule has 2 heterocycles. The molecule has 104 valence electrons. The summed E-state index contributed by atoms with van der Waals surface area (Å²) in [5.74, 6) is 1.73. The van der Waals surface area contributed by atoms with Crippen LogP contribution in [0.15, 0.2) is 18.2 Å². The molecule has 3 heteroatoms. The molecule has 2 aliphatic heterocycles. The Labute approximate surface area is 115 Å². The van der Waals surface area contributed by atoms with Gasteiger partial charge in [0.25, 0.3) is 0 Å². The molecule has 2 N–H and O–H groups in total. The van der Waals surface area contributed by atoms with E-state index in [1.54, 1.807) is 0 Å². The summed E-state index contributed by atoms with van der Waals surface area (Å²) in [6.07, 6.45) is 3.80. The van der Waals surface area contributed by atoms with Crippen molar-refractivity contribution in [3.8, 4) is 5.75 Å². The first-order valence-electron chi connectivity index (χ1n) is 7.37. The largest absolute Gasteiger partial charge is 0.490 e. The molecule has 0 aromatic heterocycles. The number of ether oxygens (including phenoxy) is 1. The smallest absolute Gasteiger partial charge is 0.123 e. The number of benzene rings is 1. The molecule has 3 unspecified atom stereocenters. The van der Waals surface area contributed by atoms with Crippen molar-refractivity contribution in [2.75, 3.05) is 20.1 Å². The normalized spacial score (nSPS) is 31.0. The van der Waals surface area contributed by atoms with Crippen LogP contribution in [0.1, 0.15) is 36.9 Å². The Morgan fingerprint density at radius 3 is 3.00 bits per heavy atom. The van der Waals surface area contributed by atoms with E-state index in [0.717, 1.165) is 31.7 Å². The maximum Gasteiger partial charge on any atom is 0.123 e. The lowest BCUT2D eigenvalue weighted by Crippen LogP contribution is -2.24. The molecule has 0 spiro atoms. The van der Waals surface area contributed by atoms with Crippen molar-refractivity contribution >= 4 is 0 Å². The van der Waals surface area contributed by atoms with E-state index in [0.29, 0.717) is 18.1 Å². The number of hydrogen-bond donors (Lipinski definition) is 1. The summed E-state index contributed by atoms with van der Waals surface area (Å²) in [7, 11) is 2.21. The van der Waals surface area contributed by atoms with Crippen LogP contribution in [-0.2, 0) is 6.42 Å².